The molecule has 4 aromatic carbocycles. The molecular weight excluding hydrogens is 1280 g/mol. The molecule has 0 aromatic heterocycles. The molecule has 2 aliphatic carbocycles. The van der Waals surface area contributed by atoms with E-state index in [0.717, 1.165) is 153 Å². The first-order valence-corrected chi connectivity index (χ1v) is 37.1. The number of hydrogen-bond acceptors (Lipinski definition) is 12. The van der Waals surface area contributed by atoms with Crippen molar-refractivity contribution in [3.8, 4) is 41.8 Å². The summed E-state index contributed by atoms with van der Waals surface area (Å²) in [5.41, 5.74) is 12.6. The molecule has 2 aliphatic heterocycles. The maximum absolute atomic E-state index is 10.3. The Hall–Kier alpha value is -10.2. The summed E-state index contributed by atoms with van der Waals surface area (Å²) in [4.78, 5) is 4.96. The molecule has 2 atom stereocenters. The molecule has 2 heterocycles. The minimum atomic E-state index is -1.08. The molecular formula is C92H113N7O5. The second-order valence-corrected chi connectivity index (χ2v) is 29.0. The van der Waals surface area contributed by atoms with Gasteiger partial charge in [0.25, 0.3) is 0 Å². The van der Waals surface area contributed by atoms with E-state index in [1.54, 1.807) is 28.3 Å². The van der Waals surface area contributed by atoms with Crippen LogP contribution in [-0.2, 0) is 25.4 Å². The molecule has 546 valence electrons. The Morgan fingerprint density at radius 3 is 1.31 bits per heavy atom. The normalized spacial score (nSPS) is 19.6. The van der Waals surface area contributed by atoms with Gasteiger partial charge in [0.05, 0.1) is 33.0 Å². The smallest absolute Gasteiger partial charge is 0.172 e. The highest BCUT2D eigenvalue weighted by Crippen LogP contribution is 2.50. The SMILES string of the molecule is C.CCCCC1=C(/C=C/c2ccc(N(CCCC)CCCC)cc2OC)CC(C)(C)C/C1=C\C=C\C1=C(C#N)C(=C(/C)C#N)/OC1(C)c1ccccc1.CCCCN(CCCC)c1ccc(/C=C/C2=C(OC)C(=C/C=C/C3=C(C#N)C(=C(C#N)C#N)OC3(C)c3ccccc3)/CC(C)(C)C2)c(OC)c1. The van der Waals surface area contributed by atoms with Crippen LogP contribution in [0.2, 0.25) is 0 Å². The van der Waals surface area contributed by atoms with Crippen LogP contribution in [0.1, 0.15) is 209 Å². The lowest BCUT2D eigenvalue weighted by molar-refractivity contribution is 0.0749. The van der Waals surface area contributed by atoms with Crippen LogP contribution >= 0.6 is 0 Å². The van der Waals surface area contributed by atoms with Gasteiger partial charge in [0.1, 0.15) is 52.7 Å². The van der Waals surface area contributed by atoms with Gasteiger partial charge < -0.3 is 33.5 Å². The van der Waals surface area contributed by atoms with Crippen LogP contribution in [0, 0.1) is 67.5 Å². The molecule has 0 N–H and O–H groups in total. The third-order valence-electron chi connectivity index (χ3n) is 19.8. The summed E-state index contributed by atoms with van der Waals surface area (Å²) in [6.45, 7) is 30.1. The van der Waals surface area contributed by atoms with Crippen LogP contribution in [0.5, 0.6) is 11.5 Å². The van der Waals surface area contributed by atoms with Crippen molar-refractivity contribution >= 4 is 23.5 Å². The van der Waals surface area contributed by atoms with Gasteiger partial charge in [-0.3, -0.25) is 0 Å². The molecule has 0 spiro atoms. The molecule has 0 bridgehead atoms. The van der Waals surface area contributed by atoms with Crippen molar-refractivity contribution in [3.05, 3.63) is 247 Å². The summed E-state index contributed by atoms with van der Waals surface area (Å²) in [5.74, 6) is 2.91. The van der Waals surface area contributed by atoms with Crippen molar-refractivity contribution in [1.82, 2.24) is 0 Å². The standard InChI is InChI=1S/C47H59N3O2.C44H50N4O3.CH4/c1-9-12-22-41-37(19-18-23-43-42(34-49)45(35(4)33-48)52-47(43,7)39-20-16-15-17-21-39)31-46(5,6)32-38(41)25-24-36-26-27-40(30-44(36)51-8)50(28-13-10-2)29-14-11-3;1-8-10-24-48(25-11-9-2)37-23-22-32(40(26-37)49-6)20-21-34-28-43(3,4)27-33(41(34)50-7)16-15-19-39-38(31-47)42(35(29-45)30-46)51-44(39,5)36-17-13-12-14-18-36;/h15-21,23-27,30H,9-14,22,28-29,31-32H2,1-8H3;12-23,26H,8-11,24-25,27-28H2,1-7H3;1H4/b23-18+,25-24+,37-19+,45-35+;19-15+,21-20+,33-16+;. The topological polar surface area (TPSA) is 172 Å². The number of ether oxygens (including phenoxy) is 5. The highest BCUT2D eigenvalue weighted by molar-refractivity contribution is 5.69. The minimum Gasteiger partial charge on any atom is -0.496 e. The van der Waals surface area contributed by atoms with Crippen molar-refractivity contribution in [2.75, 3.05) is 57.3 Å². The maximum atomic E-state index is 10.3. The van der Waals surface area contributed by atoms with Crippen LogP contribution in [0.15, 0.2) is 224 Å². The molecule has 12 heteroatoms. The van der Waals surface area contributed by atoms with Gasteiger partial charge >= 0.3 is 0 Å². The Labute approximate surface area is 624 Å². The van der Waals surface area contributed by atoms with Gasteiger partial charge in [0.15, 0.2) is 28.3 Å². The minimum absolute atomic E-state index is 0. The number of allylic oxidation sites excluding steroid dienone is 15. The summed E-state index contributed by atoms with van der Waals surface area (Å²) >= 11 is 0. The molecule has 12 nitrogen and oxygen atoms in total. The van der Waals surface area contributed by atoms with Crippen molar-refractivity contribution < 1.29 is 23.7 Å². The monoisotopic (exact) mass is 1400 g/mol. The van der Waals surface area contributed by atoms with Gasteiger partial charge in [0.2, 0.25) is 0 Å². The van der Waals surface area contributed by atoms with E-state index >= 15 is 0 Å². The number of nitriles is 5. The predicted molar refractivity (Wildman–Crippen MR) is 428 cm³/mol. The van der Waals surface area contributed by atoms with E-state index in [-0.39, 0.29) is 35.2 Å². The Kier molecular flexibility index (Phi) is 31.4. The predicted octanol–water partition coefficient (Wildman–Crippen LogP) is 23.5. The van der Waals surface area contributed by atoms with Crippen molar-refractivity contribution in [1.29, 1.82) is 26.3 Å². The first kappa shape index (κ1) is 82.8. The lowest BCUT2D eigenvalue weighted by atomic mass is 9.70. The van der Waals surface area contributed by atoms with Gasteiger partial charge in [-0.2, -0.15) is 26.3 Å². The molecule has 0 fully saturated rings. The molecule has 4 aliphatic rings. The zero-order chi connectivity index (χ0) is 74.7. The molecule has 2 unspecified atom stereocenters. The number of hydrogen-bond donors (Lipinski definition) is 0. The zero-order valence-corrected chi connectivity index (χ0v) is 64.1. The number of rotatable bonds is 30. The highest BCUT2D eigenvalue weighted by atomic mass is 16.5. The van der Waals surface area contributed by atoms with Crippen LogP contribution in [0.3, 0.4) is 0 Å². The van der Waals surface area contributed by atoms with Gasteiger partial charge in [-0.25, -0.2) is 0 Å². The Morgan fingerprint density at radius 2 is 0.894 bits per heavy atom. The van der Waals surface area contributed by atoms with Crippen molar-refractivity contribution in [2.24, 2.45) is 10.8 Å². The molecule has 0 saturated carbocycles. The number of methoxy groups -OCH3 is 3. The number of nitrogens with zero attached hydrogens (tertiary/aromatic N) is 7. The Bertz CT molecular complexity index is 4230. The number of benzene rings is 4. The van der Waals surface area contributed by atoms with E-state index in [2.05, 4.69) is 163 Å². The highest BCUT2D eigenvalue weighted by Gasteiger charge is 2.45. The summed E-state index contributed by atoms with van der Waals surface area (Å²) in [5, 5.41) is 49.5. The van der Waals surface area contributed by atoms with Crippen LogP contribution in [0.4, 0.5) is 11.4 Å². The maximum Gasteiger partial charge on any atom is 0.172 e. The summed E-state index contributed by atoms with van der Waals surface area (Å²) in [6, 6.07) is 43.1. The summed E-state index contributed by atoms with van der Waals surface area (Å²) in [6.07, 6.45) is 37.1. The van der Waals surface area contributed by atoms with E-state index in [9.17, 15) is 26.3 Å². The lowest BCUT2D eigenvalue weighted by Gasteiger charge is -2.34. The van der Waals surface area contributed by atoms with Gasteiger partial charge in [-0.05, 0) is 159 Å². The largest absolute Gasteiger partial charge is 0.496 e. The van der Waals surface area contributed by atoms with Gasteiger partial charge in [0, 0.05) is 72.0 Å². The van der Waals surface area contributed by atoms with Crippen molar-refractivity contribution in [3.63, 3.8) is 0 Å². The van der Waals surface area contributed by atoms with E-state index < -0.39 is 11.2 Å². The Morgan fingerprint density at radius 1 is 0.481 bits per heavy atom. The average molecular weight is 1400 g/mol. The Balaban J connectivity index is 0.000000323. The lowest BCUT2D eigenvalue weighted by Crippen LogP contribution is -2.25. The average Bonchev–Trinajstić information content (AvgIpc) is 1.60. The van der Waals surface area contributed by atoms with Crippen LogP contribution in [-0.4, -0.2) is 47.5 Å². The summed E-state index contributed by atoms with van der Waals surface area (Å²) in [7, 11) is 5.19. The number of anilines is 2. The fraction of sp³-hybridized carbons (Fsp3) is 0.424. The zero-order valence-electron chi connectivity index (χ0n) is 64.1. The molecule has 0 saturated heterocycles. The first-order chi connectivity index (χ1) is 49.6. The van der Waals surface area contributed by atoms with Gasteiger partial charge in [-0.1, -0.05) is 223 Å². The summed E-state index contributed by atoms with van der Waals surface area (Å²) < 4.78 is 30.7. The third-order valence-corrected chi connectivity index (χ3v) is 19.8. The van der Waals surface area contributed by atoms with Crippen molar-refractivity contribution in [2.45, 2.75) is 198 Å². The molecule has 8 rings (SSSR count). The van der Waals surface area contributed by atoms with Crippen LogP contribution in [0.25, 0.3) is 12.2 Å². The second kappa shape index (κ2) is 39.5. The fourth-order valence-corrected chi connectivity index (χ4v) is 14.2. The van der Waals surface area contributed by atoms with Crippen LogP contribution < -0.4 is 19.3 Å². The van der Waals surface area contributed by atoms with E-state index in [1.807, 2.05) is 111 Å². The molecule has 0 radical (unpaired) electrons. The third kappa shape index (κ3) is 20.6. The van der Waals surface area contributed by atoms with E-state index in [1.165, 1.54) is 53.8 Å². The molecule has 0 amide bonds. The fourth-order valence-electron chi connectivity index (χ4n) is 14.2. The second-order valence-electron chi connectivity index (χ2n) is 29.0. The first-order valence-electron chi connectivity index (χ1n) is 37.1. The number of unbranched alkanes of at least 4 members (excludes halogenated alkanes) is 5. The van der Waals surface area contributed by atoms with E-state index in [0.29, 0.717) is 22.5 Å². The molecule has 4 aromatic rings. The van der Waals surface area contributed by atoms with Gasteiger partial charge in [-0.15, -0.1) is 0 Å². The molecule has 104 heavy (non-hydrogen) atoms. The van der Waals surface area contributed by atoms with E-state index in [4.69, 9.17) is 23.7 Å². The quantitative estimate of drug-likeness (QED) is 0.0453.